The van der Waals surface area contributed by atoms with E-state index in [0.29, 0.717) is 23.8 Å². The Balaban J connectivity index is 1.64. The first-order chi connectivity index (χ1) is 13.0. The van der Waals surface area contributed by atoms with Crippen LogP contribution in [0.25, 0.3) is 0 Å². The van der Waals surface area contributed by atoms with Gasteiger partial charge in [0.2, 0.25) is 5.75 Å². The number of benzene rings is 1. The molecule has 1 N–H and O–H groups in total. The quantitative estimate of drug-likeness (QED) is 0.801. The highest BCUT2D eigenvalue weighted by Crippen LogP contribution is 2.38. The van der Waals surface area contributed by atoms with Gasteiger partial charge in [-0.25, -0.2) is 4.98 Å². The zero-order valence-electron chi connectivity index (χ0n) is 16.6. The third-order valence-electron chi connectivity index (χ3n) is 5.31. The van der Waals surface area contributed by atoms with E-state index in [1.807, 2.05) is 29.8 Å². The number of hydrogen-bond donors (Lipinski definition) is 1. The van der Waals surface area contributed by atoms with Crippen molar-refractivity contribution in [1.29, 1.82) is 0 Å². The molecule has 7 heteroatoms. The first kappa shape index (κ1) is 19.5. The maximum Gasteiger partial charge on any atom is 0.203 e. The second-order valence-corrected chi connectivity index (χ2v) is 7.14. The van der Waals surface area contributed by atoms with E-state index in [9.17, 15) is 5.11 Å². The van der Waals surface area contributed by atoms with Gasteiger partial charge in [0.25, 0.3) is 0 Å². The molecule has 2 heterocycles. The number of ether oxygens (including phenoxy) is 3. The van der Waals surface area contributed by atoms with E-state index < -0.39 is 5.60 Å². The van der Waals surface area contributed by atoms with Crippen molar-refractivity contribution in [3.63, 3.8) is 0 Å². The van der Waals surface area contributed by atoms with Gasteiger partial charge in [0.05, 0.1) is 33.5 Å². The number of aliphatic hydroxyl groups is 1. The van der Waals surface area contributed by atoms with Gasteiger partial charge in [0, 0.05) is 32.0 Å². The number of hydrogen-bond acceptors (Lipinski definition) is 6. The molecule has 27 heavy (non-hydrogen) atoms. The first-order valence-electron chi connectivity index (χ1n) is 9.19. The fourth-order valence-electron chi connectivity index (χ4n) is 3.66. The maximum absolute atomic E-state index is 11.0. The summed E-state index contributed by atoms with van der Waals surface area (Å²) in [7, 11) is 4.86. The molecule has 1 aliphatic rings. The van der Waals surface area contributed by atoms with E-state index in [4.69, 9.17) is 14.2 Å². The van der Waals surface area contributed by atoms with Gasteiger partial charge in [-0.15, -0.1) is 0 Å². The lowest BCUT2D eigenvalue weighted by Crippen LogP contribution is -2.46. The lowest BCUT2D eigenvalue weighted by Gasteiger charge is -2.38. The molecule has 148 valence electrons. The molecule has 0 saturated carbocycles. The van der Waals surface area contributed by atoms with Crippen LogP contribution in [0.2, 0.25) is 0 Å². The van der Waals surface area contributed by atoms with Crippen molar-refractivity contribution in [1.82, 2.24) is 14.5 Å². The van der Waals surface area contributed by atoms with Crippen LogP contribution in [0.15, 0.2) is 24.5 Å². The van der Waals surface area contributed by atoms with Crippen molar-refractivity contribution in [3.8, 4) is 17.2 Å². The summed E-state index contributed by atoms with van der Waals surface area (Å²) in [6.45, 7) is 5.00. The van der Waals surface area contributed by atoms with Crippen molar-refractivity contribution in [2.75, 3.05) is 34.4 Å². The largest absolute Gasteiger partial charge is 0.493 e. The fourth-order valence-corrected chi connectivity index (χ4v) is 3.66. The minimum atomic E-state index is -0.683. The Morgan fingerprint density at radius 3 is 2.19 bits per heavy atom. The predicted molar refractivity (Wildman–Crippen MR) is 103 cm³/mol. The van der Waals surface area contributed by atoms with E-state index in [1.165, 1.54) is 0 Å². The van der Waals surface area contributed by atoms with Crippen molar-refractivity contribution in [2.24, 2.45) is 0 Å². The minimum Gasteiger partial charge on any atom is -0.493 e. The summed E-state index contributed by atoms with van der Waals surface area (Å²) in [6, 6.07) is 3.97. The van der Waals surface area contributed by atoms with Crippen LogP contribution in [-0.4, -0.2) is 59.6 Å². The molecule has 0 atom stereocenters. The first-order valence-corrected chi connectivity index (χ1v) is 9.19. The monoisotopic (exact) mass is 375 g/mol. The van der Waals surface area contributed by atoms with Crippen LogP contribution in [0.3, 0.4) is 0 Å². The molecular weight excluding hydrogens is 346 g/mol. The summed E-state index contributed by atoms with van der Waals surface area (Å²) in [4.78, 5) is 6.58. The second-order valence-electron chi connectivity index (χ2n) is 7.14. The molecule has 0 radical (unpaired) electrons. The SMILES string of the molecule is COc1cc(CN2CCC(O)(Cn3ccnc3C)CC2)cc(OC)c1OC. The number of piperidine rings is 1. The second kappa shape index (κ2) is 8.19. The topological polar surface area (TPSA) is 69.0 Å². The molecule has 0 spiro atoms. The normalized spacial score (nSPS) is 16.9. The van der Waals surface area contributed by atoms with Gasteiger partial charge < -0.3 is 23.9 Å². The van der Waals surface area contributed by atoms with Crippen molar-refractivity contribution in [3.05, 3.63) is 35.9 Å². The minimum absolute atomic E-state index is 0.594. The summed E-state index contributed by atoms with van der Waals surface area (Å²) in [5.41, 5.74) is 0.414. The lowest BCUT2D eigenvalue weighted by atomic mass is 9.91. The van der Waals surface area contributed by atoms with E-state index in [2.05, 4.69) is 9.88 Å². The number of aryl methyl sites for hydroxylation is 1. The summed E-state index contributed by atoms with van der Waals surface area (Å²) in [6.07, 6.45) is 5.16. The Bertz CT molecular complexity index is 741. The highest BCUT2D eigenvalue weighted by molar-refractivity contribution is 5.53. The van der Waals surface area contributed by atoms with E-state index in [1.54, 1.807) is 27.5 Å². The van der Waals surface area contributed by atoms with Gasteiger partial charge in [0.15, 0.2) is 11.5 Å². The fraction of sp³-hybridized carbons (Fsp3) is 0.550. The van der Waals surface area contributed by atoms with E-state index >= 15 is 0 Å². The van der Waals surface area contributed by atoms with E-state index in [0.717, 1.165) is 43.9 Å². The van der Waals surface area contributed by atoms with Gasteiger partial charge in [-0.1, -0.05) is 0 Å². The number of methoxy groups -OCH3 is 3. The number of imidazole rings is 1. The Morgan fingerprint density at radius 1 is 1.07 bits per heavy atom. The van der Waals surface area contributed by atoms with Crippen LogP contribution < -0.4 is 14.2 Å². The summed E-state index contributed by atoms with van der Waals surface area (Å²) in [5.74, 6) is 2.86. The van der Waals surface area contributed by atoms with Gasteiger partial charge in [0.1, 0.15) is 5.82 Å². The van der Waals surface area contributed by atoms with Crippen molar-refractivity contribution in [2.45, 2.75) is 38.5 Å². The highest BCUT2D eigenvalue weighted by atomic mass is 16.5. The van der Waals surface area contributed by atoms with Gasteiger partial charge in [-0.2, -0.15) is 0 Å². The highest BCUT2D eigenvalue weighted by Gasteiger charge is 2.33. The smallest absolute Gasteiger partial charge is 0.203 e. The summed E-state index contributed by atoms with van der Waals surface area (Å²) >= 11 is 0. The standard InChI is InChI=1S/C20H29N3O4/c1-15-21-7-10-23(15)14-20(24)5-8-22(9-6-20)13-16-11-17(25-2)19(27-4)18(12-16)26-3/h7,10-12,24H,5-6,8-9,13-14H2,1-4H3. The Hall–Kier alpha value is -2.25. The Morgan fingerprint density at radius 2 is 1.70 bits per heavy atom. The average molecular weight is 375 g/mol. The number of rotatable bonds is 7. The zero-order valence-corrected chi connectivity index (χ0v) is 16.6. The third-order valence-corrected chi connectivity index (χ3v) is 5.31. The molecule has 0 aliphatic carbocycles. The van der Waals surface area contributed by atoms with Crippen LogP contribution >= 0.6 is 0 Å². The molecule has 1 aliphatic heterocycles. The van der Waals surface area contributed by atoms with Gasteiger partial charge in [-0.3, -0.25) is 4.90 Å². The molecule has 1 aromatic carbocycles. The number of likely N-dealkylation sites (tertiary alicyclic amines) is 1. The van der Waals surface area contributed by atoms with Crippen LogP contribution in [0.5, 0.6) is 17.2 Å². The van der Waals surface area contributed by atoms with Crippen LogP contribution in [0, 0.1) is 6.92 Å². The van der Waals surface area contributed by atoms with Crippen molar-refractivity contribution < 1.29 is 19.3 Å². The Kier molecular flexibility index (Phi) is 5.92. The summed E-state index contributed by atoms with van der Waals surface area (Å²) in [5, 5.41) is 11.0. The predicted octanol–water partition coefficient (Wildman–Crippen LogP) is 2.24. The van der Waals surface area contributed by atoms with Crippen LogP contribution in [-0.2, 0) is 13.1 Å². The molecule has 3 rings (SSSR count). The van der Waals surface area contributed by atoms with Gasteiger partial charge >= 0.3 is 0 Å². The molecular formula is C20H29N3O4. The molecule has 1 aromatic heterocycles. The average Bonchev–Trinajstić information content (AvgIpc) is 3.07. The molecule has 2 aromatic rings. The van der Waals surface area contributed by atoms with E-state index in [-0.39, 0.29) is 0 Å². The Labute approximate surface area is 160 Å². The van der Waals surface area contributed by atoms with Crippen LogP contribution in [0.4, 0.5) is 0 Å². The zero-order chi connectivity index (χ0) is 19.4. The molecule has 0 unspecified atom stereocenters. The van der Waals surface area contributed by atoms with Gasteiger partial charge in [-0.05, 0) is 37.5 Å². The molecule has 1 saturated heterocycles. The molecule has 0 bridgehead atoms. The van der Waals surface area contributed by atoms with Crippen molar-refractivity contribution >= 4 is 0 Å². The lowest BCUT2D eigenvalue weighted by molar-refractivity contribution is -0.0361. The molecule has 0 amide bonds. The number of nitrogens with zero attached hydrogens (tertiary/aromatic N) is 3. The number of aromatic nitrogens is 2. The molecule has 7 nitrogen and oxygen atoms in total. The summed E-state index contributed by atoms with van der Waals surface area (Å²) < 4.78 is 18.3. The van der Waals surface area contributed by atoms with Crippen LogP contribution in [0.1, 0.15) is 24.2 Å². The molecule has 1 fully saturated rings. The maximum atomic E-state index is 11.0. The third kappa shape index (κ3) is 4.36.